The lowest BCUT2D eigenvalue weighted by atomic mass is 10.1. The van der Waals surface area contributed by atoms with Crippen molar-refractivity contribution in [2.75, 3.05) is 14.2 Å². The number of benzene rings is 1. The van der Waals surface area contributed by atoms with Crippen LogP contribution in [0, 0.1) is 16.0 Å². The Morgan fingerprint density at radius 1 is 1.35 bits per heavy atom. The molecular weight excluding hydrogens is 274 g/mol. The summed E-state index contributed by atoms with van der Waals surface area (Å²) < 4.78 is 10.8. The maximum absolute atomic E-state index is 9.01. The monoisotopic (exact) mass is 287 g/mol. The van der Waals surface area contributed by atoms with Crippen molar-refractivity contribution in [1.82, 2.24) is 9.97 Å². The number of methoxy groups -OCH3 is 2. The second kappa shape index (κ2) is 6.28. The topological polar surface area (TPSA) is 70.9 Å². The summed E-state index contributed by atoms with van der Waals surface area (Å²) in [5.41, 5.74) is 2.05. The average molecular weight is 287 g/mol. The van der Waals surface area contributed by atoms with Gasteiger partial charge in [0.25, 0.3) is 0 Å². The first-order valence-corrected chi connectivity index (χ1v) is 6.26. The number of ether oxygens (including phenoxy) is 2. The zero-order valence-corrected chi connectivity index (χ0v) is 12.0. The van der Waals surface area contributed by atoms with Gasteiger partial charge in [-0.2, -0.15) is 5.26 Å². The molecule has 20 heavy (non-hydrogen) atoms. The normalized spacial score (nSPS) is 10.1. The van der Waals surface area contributed by atoms with Gasteiger partial charge in [-0.05, 0) is 24.3 Å². The molecule has 0 aliphatic rings. The number of aromatic amines is 1. The van der Waals surface area contributed by atoms with E-state index in [-0.39, 0.29) is 0 Å². The van der Waals surface area contributed by atoms with Gasteiger partial charge in [-0.25, -0.2) is 4.98 Å². The van der Waals surface area contributed by atoms with E-state index in [9.17, 15) is 0 Å². The Morgan fingerprint density at radius 2 is 2.15 bits per heavy atom. The Balaban J connectivity index is 2.61. The van der Waals surface area contributed by atoms with Crippen LogP contribution in [-0.4, -0.2) is 24.2 Å². The molecule has 2 aromatic rings. The molecule has 1 heterocycles. The zero-order chi connectivity index (χ0) is 14.5. The highest BCUT2D eigenvalue weighted by molar-refractivity contribution is 7.71. The SMILES string of the molecule is COCc1nc(=S)cc(-c2cc(C#N)ccc2OC)[nH]1. The molecule has 6 heteroatoms. The zero-order valence-electron chi connectivity index (χ0n) is 11.1. The van der Waals surface area contributed by atoms with Crippen molar-refractivity contribution < 1.29 is 9.47 Å². The first kappa shape index (κ1) is 14.2. The summed E-state index contributed by atoms with van der Waals surface area (Å²) in [7, 11) is 3.17. The number of aromatic nitrogens is 2. The third-order valence-electron chi connectivity index (χ3n) is 2.69. The summed E-state index contributed by atoms with van der Waals surface area (Å²) in [5, 5.41) is 9.01. The van der Waals surface area contributed by atoms with Crippen LogP contribution >= 0.6 is 12.2 Å². The van der Waals surface area contributed by atoms with Crippen molar-refractivity contribution in [2.24, 2.45) is 0 Å². The summed E-state index contributed by atoms with van der Waals surface area (Å²) in [6, 6.07) is 9.04. The van der Waals surface area contributed by atoms with Crippen molar-refractivity contribution in [2.45, 2.75) is 6.61 Å². The van der Waals surface area contributed by atoms with E-state index in [1.165, 1.54) is 0 Å². The molecule has 5 nitrogen and oxygen atoms in total. The molecule has 0 amide bonds. The lowest BCUT2D eigenvalue weighted by Crippen LogP contribution is -2.00. The predicted molar refractivity (Wildman–Crippen MR) is 76.8 cm³/mol. The van der Waals surface area contributed by atoms with Crippen LogP contribution in [0.4, 0.5) is 0 Å². The highest BCUT2D eigenvalue weighted by Crippen LogP contribution is 2.29. The number of nitrogens with one attached hydrogen (secondary N) is 1. The largest absolute Gasteiger partial charge is 0.496 e. The fourth-order valence-corrected chi connectivity index (χ4v) is 2.07. The van der Waals surface area contributed by atoms with E-state index in [0.29, 0.717) is 28.4 Å². The van der Waals surface area contributed by atoms with E-state index in [0.717, 1.165) is 11.3 Å². The van der Waals surface area contributed by atoms with Crippen LogP contribution in [-0.2, 0) is 11.3 Å². The molecule has 0 saturated heterocycles. The third-order valence-corrected chi connectivity index (χ3v) is 2.90. The van der Waals surface area contributed by atoms with E-state index in [1.54, 1.807) is 38.5 Å². The molecule has 1 N–H and O–H groups in total. The Morgan fingerprint density at radius 3 is 2.80 bits per heavy atom. The number of hydrogen-bond acceptors (Lipinski definition) is 5. The van der Waals surface area contributed by atoms with E-state index in [4.69, 9.17) is 27.0 Å². The first-order valence-electron chi connectivity index (χ1n) is 5.85. The van der Waals surface area contributed by atoms with E-state index >= 15 is 0 Å². The molecule has 0 aliphatic heterocycles. The maximum atomic E-state index is 9.01. The van der Waals surface area contributed by atoms with Gasteiger partial charge in [-0.1, -0.05) is 12.2 Å². The maximum Gasteiger partial charge on any atom is 0.134 e. The van der Waals surface area contributed by atoms with Crippen molar-refractivity contribution in [3.63, 3.8) is 0 Å². The molecule has 1 aromatic carbocycles. The van der Waals surface area contributed by atoms with E-state index in [1.807, 2.05) is 0 Å². The Labute approximate surface area is 121 Å². The number of nitriles is 1. The molecule has 0 fully saturated rings. The summed E-state index contributed by atoms with van der Waals surface area (Å²) in [5.74, 6) is 1.28. The van der Waals surface area contributed by atoms with Gasteiger partial charge in [0.1, 0.15) is 22.8 Å². The summed E-state index contributed by atoms with van der Waals surface area (Å²) in [6.45, 7) is 0.331. The third kappa shape index (κ3) is 3.02. The fourth-order valence-electron chi connectivity index (χ4n) is 1.85. The Kier molecular flexibility index (Phi) is 4.45. The van der Waals surface area contributed by atoms with Crippen LogP contribution in [0.15, 0.2) is 24.3 Å². The van der Waals surface area contributed by atoms with Crippen molar-refractivity contribution in [3.8, 4) is 23.1 Å². The fraction of sp³-hybridized carbons (Fsp3) is 0.214. The summed E-state index contributed by atoms with van der Waals surface area (Å²) in [6.07, 6.45) is 0. The van der Waals surface area contributed by atoms with Gasteiger partial charge < -0.3 is 14.5 Å². The minimum absolute atomic E-state index is 0.331. The minimum Gasteiger partial charge on any atom is -0.496 e. The van der Waals surface area contributed by atoms with Gasteiger partial charge in [0.15, 0.2) is 0 Å². The molecule has 1 aromatic heterocycles. The van der Waals surface area contributed by atoms with Crippen LogP contribution < -0.4 is 4.74 Å². The summed E-state index contributed by atoms with van der Waals surface area (Å²) >= 11 is 5.15. The highest BCUT2D eigenvalue weighted by atomic mass is 32.1. The Hall–Kier alpha value is -2.23. The van der Waals surface area contributed by atoms with Gasteiger partial charge in [0.2, 0.25) is 0 Å². The molecule has 0 atom stereocenters. The molecule has 0 spiro atoms. The smallest absolute Gasteiger partial charge is 0.134 e. The molecule has 0 radical (unpaired) electrons. The van der Waals surface area contributed by atoms with Gasteiger partial charge >= 0.3 is 0 Å². The van der Waals surface area contributed by atoms with Gasteiger partial charge in [0, 0.05) is 12.7 Å². The number of rotatable bonds is 4. The van der Waals surface area contributed by atoms with Gasteiger partial charge in [-0.3, -0.25) is 0 Å². The quantitative estimate of drug-likeness (QED) is 0.875. The second-order valence-electron chi connectivity index (χ2n) is 4.04. The molecule has 0 unspecified atom stereocenters. The van der Waals surface area contributed by atoms with Crippen molar-refractivity contribution in [1.29, 1.82) is 5.26 Å². The number of hydrogen-bond donors (Lipinski definition) is 1. The van der Waals surface area contributed by atoms with E-state index in [2.05, 4.69) is 16.0 Å². The van der Waals surface area contributed by atoms with Crippen molar-refractivity contribution in [3.05, 3.63) is 40.3 Å². The van der Waals surface area contributed by atoms with Crippen LogP contribution in [0.1, 0.15) is 11.4 Å². The minimum atomic E-state index is 0.331. The molecule has 102 valence electrons. The van der Waals surface area contributed by atoms with Crippen LogP contribution in [0.5, 0.6) is 5.75 Å². The molecule has 0 bridgehead atoms. The average Bonchev–Trinajstić information content (AvgIpc) is 2.46. The molecular formula is C14H13N3O2S. The van der Waals surface area contributed by atoms with Gasteiger partial charge in [0.05, 0.1) is 24.4 Å². The van der Waals surface area contributed by atoms with E-state index < -0.39 is 0 Å². The second-order valence-corrected chi connectivity index (χ2v) is 4.46. The first-order chi connectivity index (χ1) is 9.67. The van der Waals surface area contributed by atoms with Crippen LogP contribution in [0.3, 0.4) is 0 Å². The van der Waals surface area contributed by atoms with Crippen molar-refractivity contribution >= 4 is 12.2 Å². The Bertz CT molecular complexity index is 719. The standard InChI is InChI=1S/C14H13N3O2S/c1-18-8-13-16-11(6-14(20)17-13)10-5-9(7-15)3-4-12(10)19-2/h3-6H,8H2,1-2H3,(H,16,17,20). The highest BCUT2D eigenvalue weighted by Gasteiger charge is 2.09. The number of nitrogens with zero attached hydrogens (tertiary/aromatic N) is 2. The molecule has 0 saturated carbocycles. The lowest BCUT2D eigenvalue weighted by molar-refractivity contribution is 0.177. The van der Waals surface area contributed by atoms with Crippen LogP contribution in [0.25, 0.3) is 11.3 Å². The molecule has 0 aliphatic carbocycles. The molecule has 2 rings (SSSR count). The predicted octanol–water partition coefficient (Wildman–Crippen LogP) is 2.83. The van der Waals surface area contributed by atoms with Crippen LogP contribution in [0.2, 0.25) is 0 Å². The summed E-state index contributed by atoms with van der Waals surface area (Å²) in [4.78, 5) is 7.31. The lowest BCUT2D eigenvalue weighted by Gasteiger charge is -2.10. The number of H-pyrrole nitrogens is 1. The van der Waals surface area contributed by atoms with Gasteiger partial charge in [-0.15, -0.1) is 0 Å².